The molecule has 0 spiro atoms. The first-order chi connectivity index (χ1) is 7.83. The fraction of sp³-hybridized carbons (Fsp3) is 0.0769. The molecule has 0 unspecified atom stereocenters. The Kier molecular flexibility index (Phi) is 2.84. The summed E-state index contributed by atoms with van der Waals surface area (Å²) in [6.45, 7) is 0. The van der Waals surface area contributed by atoms with E-state index in [0.717, 1.165) is 5.56 Å². The molecular formula is C13H10N2O. The number of aromatic hydroxyl groups is 1. The Bertz CT molecular complexity index is 529. The van der Waals surface area contributed by atoms with Crippen LogP contribution < -0.4 is 0 Å². The Hall–Kier alpha value is -2.34. The number of aromatic nitrogens is 1. The van der Waals surface area contributed by atoms with Gasteiger partial charge in [0.15, 0.2) is 0 Å². The van der Waals surface area contributed by atoms with E-state index in [4.69, 9.17) is 5.26 Å². The van der Waals surface area contributed by atoms with Gasteiger partial charge in [-0.3, -0.25) is 4.98 Å². The monoisotopic (exact) mass is 210 g/mol. The molecule has 3 nitrogen and oxygen atoms in total. The molecule has 0 fully saturated rings. The van der Waals surface area contributed by atoms with Crippen LogP contribution in [0.15, 0.2) is 42.6 Å². The molecule has 1 aromatic heterocycles. The fourth-order valence-electron chi connectivity index (χ4n) is 1.55. The van der Waals surface area contributed by atoms with Gasteiger partial charge in [-0.05, 0) is 11.6 Å². The van der Waals surface area contributed by atoms with Crippen molar-refractivity contribution in [2.45, 2.75) is 6.42 Å². The van der Waals surface area contributed by atoms with E-state index in [9.17, 15) is 5.11 Å². The number of rotatable bonds is 2. The van der Waals surface area contributed by atoms with Crippen molar-refractivity contribution in [3.8, 4) is 22.9 Å². The summed E-state index contributed by atoms with van der Waals surface area (Å²) >= 11 is 0. The zero-order valence-corrected chi connectivity index (χ0v) is 8.59. The summed E-state index contributed by atoms with van der Waals surface area (Å²) in [6.07, 6.45) is 1.72. The van der Waals surface area contributed by atoms with Crippen molar-refractivity contribution in [3.63, 3.8) is 0 Å². The SMILES string of the molecule is N#CCc1nccc(-c2ccccc2)c1O. The van der Waals surface area contributed by atoms with E-state index in [1.807, 2.05) is 36.4 Å². The summed E-state index contributed by atoms with van der Waals surface area (Å²) in [5.74, 6) is 0.0928. The minimum Gasteiger partial charge on any atom is -0.505 e. The molecular weight excluding hydrogens is 200 g/mol. The van der Waals surface area contributed by atoms with Crippen LogP contribution in [0.1, 0.15) is 5.69 Å². The highest BCUT2D eigenvalue weighted by molar-refractivity contribution is 5.70. The zero-order valence-electron chi connectivity index (χ0n) is 8.59. The van der Waals surface area contributed by atoms with Gasteiger partial charge in [0, 0.05) is 11.8 Å². The van der Waals surface area contributed by atoms with Crippen molar-refractivity contribution in [3.05, 3.63) is 48.3 Å². The third-order valence-electron chi connectivity index (χ3n) is 2.33. The highest BCUT2D eigenvalue weighted by Crippen LogP contribution is 2.30. The summed E-state index contributed by atoms with van der Waals surface area (Å²) < 4.78 is 0. The average molecular weight is 210 g/mol. The Morgan fingerprint density at radius 2 is 1.94 bits per heavy atom. The van der Waals surface area contributed by atoms with E-state index < -0.39 is 0 Å². The van der Waals surface area contributed by atoms with E-state index in [1.165, 1.54) is 0 Å². The second kappa shape index (κ2) is 4.45. The molecule has 2 rings (SSSR count). The maximum atomic E-state index is 9.96. The van der Waals surface area contributed by atoms with Crippen LogP contribution >= 0.6 is 0 Å². The molecule has 0 saturated carbocycles. The zero-order chi connectivity index (χ0) is 11.4. The van der Waals surface area contributed by atoms with Gasteiger partial charge in [0.25, 0.3) is 0 Å². The third-order valence-corrected chi connectivity index (χ3v) is 2.33. The molecule has 1 N–H and O–H groups in total. The normalized spacial score (nSPS) is 9.69. The van der Waals surface area contributed by atoms with Gasteiger partial charge in [0.05, 0.1) is 18.2 Å². The fourth-order valence-corrected chi connectivity index (χ4v) is 1.55. The minimum absolute atomic E-state index is 0.0928. The lowest BCUT2D eigenvalue weighted by atomic mass is 10.0. The summed E-state index contributed by atoms with van der Waals surface area (Å²) in [5, 5.41) is 18.6. The molecule has 0 radical (unpaired) electrons. The van der Waals surface area contributed by atoms with Crippen molar-refractivity contribution in [1.82, 2.24) is 4.98 Å². The first-order valence-electron chi connectivity index (χ1n) is 4.92. The number of hydrogen-bond donors (Lipinski definition) is 1. The van der Waals surface area contributed by atoms with Crippen molar-refractivity contribution in [2.75, 3.05) is 0 Å². The lowest BCUT2D eigenvalue weighted by molar-refractivity contribution is 0.468. The van der Waals surface area contributed by atoms with E-state index in [-0.39, 0.29) is 12.2 Å². The van der Waals surface area contributed by atoms with Gasteiger partial charge < -0.3 is 5.11 Å². The van der Waals surface area contributed by atoms with Crippen LogP contribution in [-0.4, -0.2) is 10.1 Å². The topological polar surface area (TPSA) is 56.9 Å². The van der Waals surface area contributed by atoms with E-state index in [2.05, 4.69) is 4.98 Å². The lowest BCUT2D eigenvalue weighted by Crippen LogP contribution is -1.90. The van der Waals surface area contributed by atoms with Gasteiger partial charge in [-0.25, -0.2) is 0 Å². The quantitative estimate of drug-likeness (QED) is 0.828. The molecule has 0 amide bonds. The first kappa shape index (κ1) is 10.2. The van der Waals surface area contributed by atoms with E-state index in [0.29, 0.717) is 11.3 Å². The van der Waals surface area contributed by atoms with Crippen LogP contribution in [0.2, 0.25) is 0 Å². The minimum atomic E-state index is 0.0928. The molecule has 1 heterocycles. The summed E-state index contributed by atoms with van der Waals surface area (Å²) in [6, 6.07) is 13.3. The van der Waals surface area contributed by atoms with E-state index in [1.54, 1.807) is 12.3 Å². The molecule has 0 atom stereocenters. The van der Waals surface area contributed by atoms with E-state index >= 15 is 0 Å². The maximum absolute atomic E-state index is 9.96. The number of pyridine rings is 1. The van der Waals surface area contributed by atoms with Crippen molar-refractivity contribution < 1.29 is 5.11 Å². The summed E-state index contributed by atoms with van der Waals surface area (Å²) in [4.78, 5) is 3.98. The van der Waals surface area contributed by atoms with Gasteiger partial charge >= 0.3 is 0 Å². The van der Waals surface area contributed by atoms with Crippen LogP contribution in [0, 0.1) is 11.3 Å². The largest absolute Gasteiger partial charge is 0.505 e. The van der Waals surface area contributed by atoms with Crippen LogP contribution in [0.4, 0.5) is 0 Å². The predicted octanol–water partition coefficient (Wildman–Crippen LogP) is 2.52. The molecule has 16 heavy (non-hydrogen) atoms. The van der Waals surface area contributed by atoms with Crippen LogP contribution in [-0.2, 0) is 6.42 Å². The van der Waals surface area contributed by atoms with Crippen LogP contribution in [0.3, 0.4) is 0 Å². The smallest absolute Gasteiger partial charge is 0.145 e. The average Bonchev–Trinajstić information content (AvgIpc) is 2.33. The molecule has 0 aliphatic carbocycles. The van der Waals surface area contributed by atoms with Crippen molar-refractivity contribution in [1.29, 1.82) is 5.26 Å². The molecule has 2 aromatic rings. The van der Waals surface area contributed by atoms with Crippen LogP contribution in [0.5, 0.6) is 5.75 Å². The molecule has 0 aliphatic rings. The van der Waals surface area contributed by atoms with Crippen LogP contribution in [0.25, 0.3) is 11.1 Å². The second-order valence-electron chi connectivity index (χ2n) is 3.35. The number of hydrogen-bond acceptors (Lipinski definition) is 3. The molecule has 1 aromatic carbocycles. The number of nitrogens with zero attached hydrogens (tertiary/aromatic N) is 2. The molecule has 78 valence electrons. The van der Waals surface area contributed by atoms with Gasteiger partial charge in [0.2, 0.25) is 0 Å². The lowest BCUT2D eigenvalue weighted by Gasteiger charge is -2.06. The molecule has 0 bridgehead atoms. The Labute approximate surface area is 93.6 Å². The molecule has 0 saturated heterocycles. The van der Waals surface area contributed by atoms with Gasteiger partial charge in [-0.15, -0.1) is 0 Å². The maximum Gasteiger partial charge on any atom is 0.145 e. The Morgan fingerprint density at radius 3 is 2.62 bits per heavy atom. The highest BCUT2D eigenvalue weighted by Gasteiger charge is 2.09. The number of benzene rings is 1. The van der Waals surface area contributed by atoms with Crippen molar-refractivity contribution in [2.24, 2.45) is 0 Å². The summed E-state index contributed by atoms with van der Waals surface area (Å²) in [5.41, 5.74) is 2.05. The molecule has 0 aliphatic heterocycles. The Morgan fingerprint density at radius 1 is 1.19 bits per heavy atom. The van der Waals surface area contributed by atoms with Gasteiger partial charge in [-0.1, -0.05) is 30.3 Å². The highest BCUT2D eigenvalue weighted by atomic mass is 16.3. The Balaban J connectivity index is 2.51. The summed E-state index contributed by atoms with van der Waals surface area (Å²) in [7, 11) is 0. The first-order valence-corrected chi connectivity index (χ1v) is 4.92. The number of nitriles is 1. The predicted molar refractivity (Wildman–Crippen MR) is 60.7 cm³/mol. The van der Waals surface area contributed by atoms with Gasteiger partial charge in [0.1, 0.15) is 5.75 Å². The third kappa shape index (κ3) is 1.86. The van der Waals surface area contributed by atoms with Crippen molar-refractivity contribution >= 4 is 0 Å². The molecule has 3 heteroatoms. The second-order valence-corrected chi connectivity index (χ2v) is 3.35. The standard InChI is InChI=1S/C13H10N2O/c14-8-6-12-13(16)11(7-9-15-12)10-4-2-1-3-5-10/h1-5,7,9,16H,6H2. The van der Waals surface area contributed by atoms with Gasteiger partial charge in [-0.2, -0.15) is 5.26 Å².